The van der Waals surface area contributed by atoms with E-state index in [9.17, 15) is 24.3 Å². The van der Waals surface area contributed by atoms with E-state index in [0.717, 1.165) is 12.0 Å². The molecule has 3 amide bonds. The van der Waals surface area contributed by atoms with Crippen molar-refractivity contribution in [1.29, 1.82) is 0 Å². The Hall–Kier alpha value is -3.74. The summed E-state index contributed by atoms with van der Waals surface area (Å²) in [6.07, 6.45) is 4.66. The third-order valence-corrected chi connectivity index (χ3v) is 3.85. The fourth-order valence-electron chi connectivity index (χ4n) is 2.46. The van der Waals surface area contributed by atoms with Gasteiger partial charge in [-0.25, -0.2) is 4.79 Å². The maximum Gasteiger partial charge on any atom is 0.408 e. The average molecular weight is 433 g/mol. The van der Waals surface area contributed by atoms with Gasteiger partial charge in [0.25, 0.3) is 5.91 Å². The molecule has 0 bridgehead atoms. The van der Waals surface area contributed by atoms with E-state index in [1.54, 1.807) is 20.8 Å². The predicted molar refractivity (Wildman–Crippen MR) is 110 cm³/mol. The van der Waals surface area contributed by atoms with Crippen LogP contribution in [0.15, 0.2) is 24.3 Å². The van der Waals surface area contributed by atoms with Crippen LogP contribution in [-0.4, -0.2) is 59.2 Å². The molecule has 10 heteroatoms. The highest BCUT2D eigenvalue weighted by Crippen LogP contribution is 2.29. The molecule has 0 aromatic heterocycles. The van der Waals surface area contributed by atoms with Gasteiger partial charge in [0, 0.05) is 11.6 Å². The first-order valence-electron chi connectivity index (χ1n) is 9.32. The molecule has 1 aromatic rings. The molecule has 10 nitrogen and oxygen atoms in total. The van der Waals surface area contributed by atoms with Gasteiger partial charge >= 0.3 is 12.1 Å². The standard InChI is InChI=1S/C21H27N3O7/c1-7-24(19(28)13(2)23-20(29)31-21(3,4)5)17(14-10-8-9-11-15(14)25)18(27)22-12-16(26)30-6/h1,8-11,13,17,25H,12H2,2-6H3,(H,22,27)(H,23,29). The number of nitrogens with zero attached hydrogens (tertiary/aromatic N) is 1. The number of alkyl carbamates (subject to hydrolysis) is 1. The minimum atomic E-state index is -1.48. The molecule has 0 saturated heterocycles. The zero-order chi connectivity index (χ0) is 23.8. The summed E-state index contributed by atoms with van der Waals surface area (Å²) in [4.78, 5) is 49.9. The van der Waals surface area contributed by atoms with E-state index in [1.807, 2.05) is 0 Å². The minimum absolute atomic E-state index is 0.0284. The average Bonchev–Trinajstić information content (AvgIpc) is 2.68. The second-order valence-corrected chi connectivity index (χ2v) is 7.46. The Morgan fingerprint density at radius 3 is 2.35 bits per heavy atom. The van der Waals surface area contributed by atoms with Gasteiger partial charge in [-0.05, 0) is 33.8 Å². The van der Waals surface area contributed by atoms with Gasteiger partial charge in [-0.15, -0.1) is 0 Å². The number of hydrogen-bond donors (Lipinski definition) is 3. The maximum atomic E-state index is 13.0. The largest absolute Gasteiger partial charge is 0.508 e. The SMILES string of the molecule is C#CN(C(=O)C(C)NC(=O)OC(C)(C)C)C(C(=O)NCC(=O)OC)c1ccccc1O. The molecule has 0 aliphatic carbocycles. The van der Waals surface area contributed by atoms with Crippen molar-refractivity contribution in [2.75, 3.05) is 13.7 Å². The molecule has 1 rings (SSSR count). The van der Waals surface area contributed by atoms with E-state index < -0.39 is 48.1 Å². The van der Waals surface area contributed by atoms with E-state index in [1.165, 1.54) is 31.2 Å². The molecule has 1 aromatic carbocycles. The van der Waals surface area contributed by atoms with Gasteiger partial charge in [0.2, 0.25) is 5.91 Å². The zero-order valence-electron chi connectivity index (χ0n) is 18.1. The van der Waals surface area contributed by atoms with E-state index in [-0.39, 0.29) is 11.3 Å². The Bertz CT molecular complexity index is 870. The summed E-state index contributed by atoms with van der Waals surface area (Å²) in [7, 11) is 1.15. The quantitative estimate of drug-likeness (QED) is 0.332. The predicted octanol–water partition coefficient (Wildman–Crippen LogP) is 1.06. The molecule has 0 heterocycles. The van der Waals surface area contributed by atoms with E-state index in [0.29, 0.717) is 0 Å². The Balaban J connectivity index is 3.19. The summed E-state index contributed by atoms with van der Waals surface area (Å²) in [6, 6.07) is 5.26. The molecule has 0 radical (unpaired) electrons. The number of carbonyl (C=O) groups is 4. The Morgan fingerprint density at radius 1 is 1.23 bits per heavy atom. The highest BCUT2D eigenvalue weighted by atomic mass is 16.6. The lowest BCUT2D eigenvalue weighted by molar-refractivity contribution is -0.142. The second kappa shape index (κ2) is 10.9. The maximum absolute atomic E-state index is 13.0. The highest BCUT2D eigenvalue weighted by Gasteiger charge is 2.35. The number of rotatable bonds is 7. The lowest BCUT2D eigenvalue weighted by Gasteiger charge is -2.29. The smallest absolute Gasteiger partial charge is 0.408 e. The van der Waals surface area contributed by atoms with Crippen LogP contribution in [0.3, 0.4) is 0 Å². The Labute approximate surface area is 180 Å². The van der Waals surface area contributed by atoms with Gasteiger partial charge in [-0.3, -0.25) is 19.3 Å². The van der Waals surface area contributed by atoms with Crippen molar-refractivity contribution in [2.45, 2.75) is 45.4 Å². The summed E-state index contributed by atoms with van der Waals surface area (Å²) >= 11 is 0. The minimum Gasteiger partial charge on any atom is -0.508 e. The van der Waals surface area contributed by atoms with Crippen molar-refractivity contribution in [3.05, 3.63) is 29.8 Å². The molecular weight excluding hydrogens is 406 g/mol. The van der Waals surface area contributed by atoms with Gasteiger partial charge in [-0.1, -0.05) is 24.6 Å². The lowest BCUT2D eigenvalue weighted by Crippen LogP contribution is -2.50. The number of phenols is 1. The molecule has 168 valence electrons. The fourth-order valence-corrected chi connectivity index (χ4v) is 2.46. The molecule has 31 heavy (non-hydrogen) atoms. The summed E-state index contributed by atoms with van der Waals surface area (Å²) < 4.78 is 9.60. The van der Waals surface area contributed by atoms with E-state index >= 15 is 0 Å². The Kier molecular flexibility index (Phi) is 8.87. The summed E-state index contributed by atoms with van der Waals surface area (Å²) in [6.45, 7) is 5.87. The number of amides is 3. The van der Waals surface area contributed by atoms with E-state index in [4.69, 9.17) is 11.2 Å². The number of hydrogen-bond acceptors (Lipinski definition) is 7. The number of benzene rings is 1. The second-order valence-electron chi connectivity index (χ2n) is 7.46. The summed E-state index contributed by atoms with van der Waals surface area (Å²) in [5.41, 5.74) is -0.759. The number of carbonyl (C=O) groups excluding carboxylic acids is 4. The number of terminal acetylenes is 1. The summed E-state index contributed by atoms with van der Waals surface area (Å²) in [5.74, 6) is -2.65. The number of esters is 1. The molecular formula is C21H27N3O7. The summed E-state index contributed by atoms with van der Waals surface area (Å²) in [5, 5.41) is 14.9. The van der Waals surface area contributed by atoms with Crippen molar-refractivity contribution < 1.29 is 33.8 Å². The van der Waals surface area contributed by atoms with Gasteiger partial charge in [0.1, 0.15) is 23.9 Å². The lowest BCUT2D eigenvalue weighted by atomic mass is 10.0. The third-order valence-electron chi connectivity index (χ3n) is 3.85. The molecule has 0 saturated carbocycles. The van der Waals surface area contributed by atoms with Crippen molar-refractivity contribution in [3.63, 3.8) is 0 Å². The van der Waals surface area contributed by atoms with Gasteiger partial charge in [0.15, 0.2) is 6.04 Å². The third kappa shape index (κ3) is 7.54. The number of nitrogens with one attached hydrogen (secondary N) is 2. The molecule has 0 aliphatic heterocycles. The van der Waals surface area contributed by atoms with Crippen LogP contribution in [0.5, 0.6) is 5.75 Å². The molecule has 2 unspecified atom stereocenters. The van der Waals surface area contributed by atoms with Crippen LogP contribution in [0.25, 0.3) is 0 Å². The molecule has 2 atom stereocenters. The first-order valence-corrected chi connectivity index (χ1v) is 9.32. The Morgan fingerprint density at radius 2 is 1.84 bits per heavy atom. The normalized spacial score (nSPS) is 12.5. The van der Waals surface area contributed by atoms with Crippen LogP contribution in [0.4, 0.5) is 4.79 Å². The van der Waals surface area contributed by atoms with Crippen LogP contribution in [0.2, 0.25) is 0 Å². The van der Waals surface area contributed by atoms with Crippen molar-refractivity contribution in [2.24, 2.45) is 0 Å². The van der Waals surface area contributed by atoms with Crippen LogP contribution in [0, 0.1) is 12.5 Å². The van der Waals surface area contributed by atoms with Gasteiger partial charge < -0.3 is 25.2 Å². The van der Waals surface area contributed by atoms with Crippen LogP contribution in [0.1, 0.15) is 39.3 Å². The number of methoxy groups -OCH3 is 1. The molecule has 0 aliphatic rings. The van der Waals surface area contributed by atoms with E-state index in [2.05, 4.69) is 21.4 Å². The first-order chi connectivity index (χ1) is 14.4. The number of ether oxygens (including phenoxy) is 2. The van der Waals surface area contributed by atoms with Crippen LogP contribution < -0.4 is 10.6 Å². The fraction of sp³-hybridized carbons (Fsp3) is 0.429. The monoisotopic (exact) mass is 433 g/mol. The van der Waals surface area contributed by atoms with Crippen LogP contribution in [-0.2, 0) is 23.9 Å². The highest BCUT2D eigenvalue weighted by molar-refractivity contribution is 5.94. The molecule has 0 spiro atoms. The van der Waals surface area contributed by atoms with Gasteiger partial charge in [-0.2, -0.15) is 0 Å². The first kappa shape index (κ1) is 25.3. The number of phenolic OH excluding ortho intramolecular Hbond substituents is 1. The topological polar surface area (TPSA) is 134 Å². The van der Waals surface area contributed by atoms with Crippen LogP contribution >= 0.6 is 0 Å². The van der Waals surface area contributed by atoms with Crippen molar-refractivity contribution in [3.8, 4) is 18.2 Å². The van der Waals surface area contributed by atoms with Gasteiger partial charge in [0.05, 0.1) is 7.11 Å². The zero-order valence-corrected chi connectivity index (χ0v) is 18.1. The van der Waals surface area contributed by atoms with Crippen molar-refractivity contribution in [1.82, 2.24) is 15.5 Å². The number of aromatic hydroxyl groups is 1. The molecule has 0 fully saturated rings. The van der Waals surface area contributed by atoms with Crippen molar-refractivity contribution >= 4 is 23.9 Å². The molecule has 3 N–H and O–H groups in total. The number of para-hydroxylation sites is 1.